The molecule has 1 amide bonds. The van der Waals surface area contributed by atoms with Gasteiger partial charge < -0.3 is 10.1 Å². The third-order valence-electron chi connectivity index (χ3n) is 5.69. The van der Waals surface area contributed by atoms with Crippen LogP contribution < -0.4 is 5.32 Å². The normalized spacial score (nSPS) is 38.2. The molecule has 0 spiro atoms. The molecule has 4 rings (SSSR count). The van der Waals surface area contributed by atoms with Crippen LogP contribution in [0.3, 0.4) is 0 Å². The van der Waals surface area contributed by atoms with Gasteiger partial charge in [0.25, 0.3) is 0 Å². The second-order valence-electron chi connectivity index (χ2n) is 6.70. The Morgan fingerprint density at radius 3 is 2.86 bits per heavy atom. The highest BCUT2D eigenvalue weighted by Crippen LogP contribution is 2.60. The number of benzene rings is 1. The molecule has 2 bridgehead atoms. The van der Waals surface area contributed by atoms with Gasteiger partial charge in [-0.25, -0.2) is 0 Å². The lowest BCUT2D eigenvalue weighted by atomic mass is 9.79. The van der Waals surface area contributed by atoms with Gasteiger partial charge in [0.2, 0.25) is 5.91 Å². The number of nitrogens with one attached hydrogen (secondary N) is 1. The fourth-order valence-electron chi connectivity index (χ4n) is 4.43. The van der Waals surface area contributed by atoms with E-state index in [1.54, 1.807) is 0 Å². The van der Waals surface area contributed by atoms with Gasteiger partial charge in [-0.15, -0.1) is 0 Å². The van der Waals surface area contributed by atoms with Gasteiger partial charge >= 0.3 is 5.97 Å². The summed E-state index contributed by atoms with van der Waals surface area (Å²) in [4.78, 5) is 25.0. The minimum atomic E-state index is -0.277. The molecule has 0 radical (unpaired) electrons. The maximum absolute atomic E-state index is 12.8. The quantitative estimate of drug-likeness (QED) is 0.649. The van der Waals surface area contributed by atoms with Crippen molar-refractivity contribution in [3.63, 3.8) is 0 Å². The first-order valence-electron chi connectivity index (χ1n) is 7.70. The van der Waals surface area contributed by atoms with Crippen molar-refractivity contribution >= 4 is 33.5 Å². The van der Waals surface area contributed by atoms with Gasteiger partial charge in [0.1, 0.15) is 6.10 Å². The molecule has 1 N–H and O–H groups in total. The van der Waals surface area contributed by atoms with Crippen molar-refractivity contribution in [2.75, 3.05) is 5.32 Å². The number of esters is 1. The molecule has 2 aliphatic carbocycles. The zero-order valence-corrected chi connectivity index (χ0v) is 14.1. The summed E-state index contributed by atoms with van der Waals surface area (Å²) in [5, 5.41) is 3.03. The smallest absolute Gasteiger partial charge is 0.310 e. The number of halogens is 1. The van der Waals surface area contributed by atoms with Gasteiger partial charge in [-0.3, -0.25) is 9.59 Å². The topological polar surface area (TPSA) is 55.4 Å². The third kappa shape index (κ3) is 1.81. The molecule has 1 saturated heterocycles. The van der Waals surface area contributed by atoms with Gasteiger partial charge in [0, 0.05) is 11.6 Å². The monoisotopic (exact) mass is 363 g/mol. The summed E-state index contributed by atoms with van der Waals surface area (Å²) in [5.74, 6) is -0.379. The second kappa shape index (κ2) is 4.82. The summed E-state index contributed by atoms with van der Waals surface area (Å²) >= 11 is 3.64. The maximum Gasteiger partial charge on any atom is 0.310 e. The van der Waals surface area contributed by atoms with E-state index in [1.165, 1.54) is 0 Å². The molecule has 4 nitrogen and oxygen atoms in total. The van der Waals surface area contributed by atoms with E-state index < -0.39 is 0 Å². The lowest BCUT2D eigenvalue weighted by molar-refractivity contribution is -0.145. The van der Waals surface area contributed by atoms with Crippen LogP contribution in [0.4, 0.5) is 5.69 Å². The summed E-state index contributed by atoms with van der Waals surface area (Å²) in [5.41, 5.74) is 3.05. The average molecular weight is 364 g/mol. The number of amides is 1. The van der Waals surface area contributed by atoms with E-state index in [4.69, 9.17) is 4.74 Å². The van der Waals surface area contributed by atoms with Gasteiger partial charge in [-0.1, -0.05) is 28.1 Å². The van der Waals surface area contributed by atoms with Crippen LogP contribution in [0.5, 0.6) is 0 Å². The van der Waals surface area contributed by atoms with E-state index in [1.807, 2.05) is 32.0 Å². The second-order valence-corrected chi connectivity index (χ2v) is 7.75. The van der Waals surface area contributed by atoms with Crippen LogP contribution in [0.2, 0.25) is 0 Å². The standard InChI is InChI=1S/C17H18BrNO3/c1-7-4-3-5-11(8(7)2)19-16(20)12-9-6-10-13(12)17(21)22-15(10)14(9)18/h3-5,9-10,12-15H,6H2,1-2H3,(H,19,20)/t9-,10-,12-,13+,14+,15+/m1/s1. The van der Waals surface area contributed by atoms with E-state index in [0.717, 1.165) is 23.2 Å². The fraction of sp³-hybridized carbons (Fsp3) is 0.529. The Morgan fingerprint density at radius 2 is 2.09 bits per heavy atom. The van der Waals surface area contributed by atoms with Crippen LogP contribution in [0, 0.1) is 37.5 Å². The molecule has 1 aromatic rings. The lowest BCUT2D eigenvalue weighted by Crippen LogP contribution is -2.40. The summed E-state index contributed by atoms with van der Waals surface area (Å²) in [6.07, 6.45) is 0.870. The van der Waals surface area contributed by atoms with Crippen molar-refractivity contribution in [1.29, 1.82) is 0 Å². The fourth-order valence-corrected chi connectivity index (χ4v) is 5.48. The van der Waals surface area contributed by atoms with E-state index in [0.29, 0.717) is 0 Å². The molecule has 1 heterocycles. The number of aryl methyl sites for hydroxylation is 1. The molecule has 2 saturated carbocycles. The number of hydrogen-bond acceptors (Lipinski definition) is 3. The van der Waals surface area contributed by atoms with Crippen LogP contribution in [0.1, 0.15) is 17.5 Å². The van der Waals surface area contributed by atoms with Crippen molar-refractivity contribution in [1.82, 2.24) is 0 Å². The van der Waals surface area contributed by atoms with E-state index in [-0.39, 0.29) is 46.5 Å². The van der Waals surface area contributed by atoms with Crippen LogP contribution >= 0.6 is 15.9 Å². The number of fused-ring (bicyclic) bond motifs is 1. The van der Waals surface area contributed by atoms with Crippen molar-refractivity contribution in [3.8, 4) is 0 Å². The molecule has 1 aromatic carbocycles. The van der Waals surface area contributed by atoms with Crippen molar-refractivity contribution in [2.45, 2.75) is 31.2 Å². The highest BCUT2D eigenvalue weighted by Gasteiger charge is 2.67. The van der Waals surface area contributed by atoms with Crippen LogP contribution in [0.25, 0.3) is 0 Å². The first-order valence-corrected chi connectivity index (χ1v) is 8.62. The molecule has 22 heavy (non-hydrogen) atoms. The predicted molar refractivity (Wildman–Crippen MR) is 85.7 cm³/mol. The molecule has 6 atom stereocenters. The Balaban J connectivity index is 1.61. The highest BCUT2D eigenvalue weighted by atomic mass is 79.9. The third-order valence-corrected chi connectivity index (χ3v) is 6.89. The maximum atomic E-state index is 12.8. The van der Waals surface area contributed by atoms with Crippen LogP contribution in [-0.2, 0) is 14.3 Å². The zero-order chi connectivity index (χ0) is 15.6. The van der Waals surface area contributed by atoms with Gasteiger partial charge in [0.15, 0.2) is 0 Å². The Morgan fingerprint density at radius 1 is 1.32 bits per heavy atom. The highest BCUT2D eigenvalue weighted by molar-refractivity contribution is 9.09. The van der Waals surface area contributed by atoms with Gasteiger partial charge in [-0.05, 0) is 43.4 Å². The molecule has 5 heteroatoms. The van der Waals surface area contributed by atoms with E-state index in [9.17, 15) is 9.59 Å². The molecule has 3 fully saturated rings. The Hall–Kier alpha value is -1.36. The summed E-state index contributed by atoms with van der Waals surface area (Å²) < 4.78 is 5.46. The van der Waals surface area contributed by atoms with Crippen LogP contribution in [-0.4, -0.2) is 22.8 Å². The van der Waals surface area contributed by atoms with Crippen molar-refractivity contribution in [2.24, 2.45) is 23.7 Å². The van der Waals surface area contributed by atoms with E-state index in [2.05, 4.69) is 21.2 Å². The number of alkyl halides is 1. The van der Waals surface area contributed by atoms with Crippen LogP contribution in [0.15, 0.2) is 18.2 Å². The summed E-state index contributed by atoms with van der Waals surface area (Å²) in [6, 6.07) is 5.87. The van der Waals surface area contributed by atoms with Crippen molar-refractivity contribution < 1.29 is 14.3 Å². The predicted octanol–water partition coefficient (Wildman–Crippen LogP) is 2.81. The molecule has 0 unspecified atom stereocenters. The zero-order valence-electron chi connectivity index (χ0n) is 12.5. The molecular formula is C17H18BrNO3. The first kappa shape index (κ1) is 14.2. The van der Waals surface area contributed by atoms with E-state index >= 15 is 0 Å². The Labute approximate surface area is 137 Å². The number of carbonyl (C=O) groups excluding carboxylic acids is 2. The molecule has 3 aliphatic rings. The minimum absolute atomic E-state index is 0.0349. The lowest BCUT2D eigenvalue weighted by Gasteiger charge is -2.27. The summed E-state index contributed by atoms with van der Waals surface area (Å²) in [7, 11) is 0. The first-order chi connectivity index (χ1) is 10.5. The van der Waals surface area contributed by atoms with Gasteiger partial charge in [-0.2, -0.15) is 0 Å². The SMILES string of the molecule is Cc1cccc(NC(=O)[C@@H]2[C@H]3C[C@H]4[C@H](OC(=O)[C@@H]42)[C@H]3Br)c1C. The number of anilines is 1. The number of ether oxygens (including phenoxy) is 1. The molecular weight excluding hydrogens is 346 g/mol. The summed E-state index contributed by atoms with van der Waals surface area (Å²) in [6.45, 7) is 4.02. The number of hydrogen-bond donors (Lipinski definition) is 1. The number of carbonyl (C=O) groups is 2. The molecule has 116 valence electrons. The minimum Gasteiger partial charge on any atom is -0.461 e. The number of rotatable bonds is 2. The largest absolute Gasteiger partial charge is 0.461 e. The average Bonchev–Trinajstić information content (AvgIpc) is 3.08. The Kier molecular flexibility index (Phi) is 3.12. The molecule has 0 aromatic heterocycles. The van der Waals surface area contributed by atoms with Gasteiger partial charge in [0.05, 0.1) is 16.7 Å². The Bertz CT molecular complexity index is 674. The van der Waals surface area contributed by atoms with Crippen molar-refractivity contribution in [3.05, 3.63) is 29.3 Å². The molecule has 1 aliphatic heterocycles.